The zero-order valence-corrected chi connectivity index (χ0v) is 19.0. The Labute approximate surface area is 185 Å². The molecule has 30 heavy (non-hydrogen) atoms. The Hall–Kier alpha value is -1.79. The van der Waals surface area contributed by atoms with E-state index in [1.54, 1.807) is 11.8 Å². The molecule has 1 saturated carbocycles. The van der Waals surface area contributed by atoms with Gasteiger partial charge in [-0.05, 0) is 63.9 Å². The van der Waals surface area contributed by atoms with Crippen molar-refractivity contribution in [1.82, 2.24) is 15.5 Å². The van der Waals surface area contributed by atoms with E-state index in [9.17, 15) is 9.59 Å². The number of unbranched alkanes of at least 4 members (excludes halogenated alkanes) is 1. The van der Waals surface area contributed by atoms with Crippen LogP contribution in [-0.2, 0) is 9.59 Å². The number of nitrogens with one attached hydrogen (secondary N) is 2. The number of fused-ring (bicyclic) bond motifs is 1. The maximum atomic E-state index is 12.6. The van der Waals surface area contributed by atoms with E-state index in [0.29, 0.717) is 5.25 Å². The summed E-state index contributed by atoms with van der Waals surface area (Å²) >= 11 is 1.68. The van der Waals surface area contributed by atoms with E-state index >= 15 is 0 Å². The highest BCUT2D eigenvalue weighted by atomic mass is 32.2. The number of amides is 2. The van der Waals surface area contributed by atoms with E-state index in [2.05, 4.69) is 29.5 Å². The first-order valence-electron chi connectivity index (χ1n) is 11.3. The molecule has 0 aromatic heterocycles. The van der Waals surface area contributed by atoms with Crippen molar-refractivity contribution in [2.75, 3.05) is 26.7 Å². The quantitative estimate of drug-likeness (QED) is 0.464. The molecule has 6 heteroatoms. The summed E-state index contributed by atoms with van der Waals surface area (Å²) in [6.45, 7) is 5.06. The molecule has 3 atom stereocenters. The van der Waals surface area contributed by atoms with Crippen LogP contribution in [0.2, 0.25) is 0 Å². The molecule has 1 aliphatic carbocycles. The summed E-state index contributed by atoms with van der Waals surface area (Å²) in [6.07, 6.45) is 7.97. The Kier molecular flexibility index (Phi) is 8.82. The molecule has 2 aliphatic rings. The second-order valence-electron chi connectivity index (χ2n) is 8.47. The molecule has 0 radical (unpaired) electrons. The monoisotopic (exact) mass is 429 g/mol. The van der Waals surface area contributed by atoms with Gasteiger partial charge in [-0.2, -0.15) is 0 Å². The van der Waals surface area contributed by atoms with E-state index < -0.39 is 0 Å². The Morgan fingerprint density at radius 1 is 1.23 bits per heavy atom. The fraction of sp³-hybridized carbons (Fsp3) is 0.583. The third-order valence-electron chi connectivity index (χ3n) is 5.98. The van der Waals surface area contributed by atoms with Crippen molar-refractivity contribution in [3.05, 3.63) is 40.8 Å². The average Bonchev–Trinajstić information content (AvgIpc) is 2.76. The molecular formula is C24H35N3O2S. The van der Waals surface area contributed by atoms with Crippen LogP contribution in [0.1, 0.15) is 51.0 Å². The van der Waals surface area contributed by atoms with Crippen molar-refractivity contribution in [1.29, 1.82) is 0 Å². The van der Waals surface area contributed by atoms with Crippen LogP contribution in [0.4, 0.5) is 0 Å². The number of rotatable bonds is 9. The van der Waals surface area contributed by atoms with Crippen LogP contribution >= 0.6 is 11.8 Å². The molecule has 3 unspecified atom stereocenters. The fourth-order valence-corrected chi connectivity index (χ4v) is 5.47. The molecule has 2 N–H and O–H groups in total. The van der Waals surface area contributed by atoms with Gasteiger partial charge in [-0.1, -0.05) is 43.7 Å². The van der Waals surface area contributed by atoms with Crippen molar-refractivity contribution >= 4 is 29.7 Å². The molecule has 1 aromatic carbocycles. The molecule has 0 spiro atoms. The summed E-state index contributed by atoms with van der Waals surface area (Å²) in [4.78, 5) is 28.3. The van der Waals surface area contributed by atoms with E-state index in [1.807, 2.05) is 36.4 Å². The van der Waals surface area contributed by atoms with Crippen LogP contribution < -0.4 is 10.6 Å². The Balaban J connectivity index is 1.43. The summed E-state index contributed by atoms with van der Waals surface area (Å²) in [7, 11) is 2.14. The van der Waals surface area contributed by atoms with E-state index in [1.165, 1.54) is 12.8 Å². The summed E-state index contributed by atoms with van der Waals surface area (Å²) in [5, 5.41) is 6.63. The molecule has 3 rings (SSSR count). The predicted octanol–water partition coefficient (Wildman–Crippen LogP) is 3.67. The average molecular weight is 430 g/mol. The minimum Gasteiger partial charge on any atom is -0.356 e. The van der Waals surface area contributed by atoms with Gasteiger partial charge in [-0.25, -0.2) is 0 Å². The molecule has 1 aromatic rings. The van der Waals surface area contributed by atoms with Gasteiger partial charge >= 0.3 is 0 Å². The SMILES string of the molecule is CCCCN(C)CCCNC(=O)C1CCC2S/C(=C\c3ccccc3)C(=O)NC2C1. The predicted molar refractivity (Wildman–Crippen MR) is 125 cm³/mol. The Bertz CT molecular complexity index is 737. The topological polar surface area (TPSA) is 61.4 Å². The number of benzene rings is 1. The van der Waals surface area contributed by atoms with Gasteiger partial charge in [-0.15, -0.1) is 11.8 Å². The highest BCUT2D eigenvalue weighted by Gasteiger charge is 2.39. The summed E-state index contributed by atoms with van der Waals surface area (Å²) in [5.41, 5.74) is 1.04. The van der Waals surface area contributed by atoms with E-state index in [-0.39, 0.29) is 23.8 Å². The molecular weight excluding hydrogens is 394 g/mol. The van der Waals surface area contributed by atoms with Crippen LogP contribution in [-0.4, -0.2) is 54.7 Å². The van der Waals surface area contributed by atoms with Crippen molar-refractivity contribution in [2.24, 2.45) is 5.92 Å². The minimum absolute atomic E-state index is 0.00428. The maximum absolute atomic E-state index is 12.6. The zero-order valence-electron chi connectivity index (χ0n) is 18.2. The third-order valence-corrected chi connectivity index (χ3v) is 7.41. The number of nitrogens with zero attached hydrogens (tertiary/aromatic N) is 1. The van der Waals surface area contributed by atoms with Crippen LogP contribution in [0.25, 0.3) is 6.08 Å². The first-order chi connectivity index (χ1) is 14.6. The number of thioether (sulfide) groups is 1. The van der Waals surface area contributed by atoms with Crippen LogP contribution in [0.3, 0.4) is 0 Å². The molecule has 1 heterocycles. The van der Waals surface area contributed by atoms with Crippen LogP contribution in [0, 0.1) is 5.92 Å². The largest absolute Gasteiger partial charge is 0.356 e. The van der Waals surface area contributed by atoms with Crippen LogP contribution in [0.15, 0.2) is 35.2 Å². The smallest absolute Gasteiger partial charge is 0.257 e. The number of hydrogen-bond donors (Lipinski definition) is 2. The second kappa shape index (κ2) is 11.6. The standard InChI is InChI=1S/C24H35N3O2S/c1-3-4-14-27(2)15-8-13-25-23(28)19-11-12-21-20(17-19)26-24(29)22(30-21)16-18-9-6-5-7-10-18/h5-7,9-10,16,19-21H,3-4,8,11-15,17H2,1-2H3,(H,25,28)(H,26,29)/b22-16-. The molecule has 5 nitrogen and oxygen atoms in total. The summed E-state index contributed by atoms with van der Waals surface area (Å²) in [6, 6.07) is 10.0. The lowest BCUT2D eigenvalue weighted by Gasteiger charge is -2.39. The number of carbonyl (C=O) groups excluding carboxylic acids is 2. The van der Waals surface area contributed by atoms with Crippen LogP contribution in [0.5, 0.6) is 0 Å². The normalized spacial score (nSPS) is 25.1. The first kappa shape index (κ1) is 22.9. The van der Waals surface area contributed by atoms with Gasteiger partial charge in [0.15, 0.2) is 0 Å². The first-order valence-corrected chi connectivity index (χ1v) is 12.1. The molecule has 0 bridgehead atoms. The minimum atomic E-state index is -0.0127. The maximum Gasteiger partial charge on any atom is 0.257 e. The second-order valence-corrected chi connectivity index (χ2v) is 9.75. The molecule has 2 amide bonds. The van der Waals surface area contributed by atoms with Gasteiger partial charge in [0.05, 0.1) is 4.91 Å². The molecule has 164 valence electrons. The third kappa shape index (κ3) is 6.61. The highest BCUT2D eigenvalue weighted by molar-refractivity contribution is 8.04. The summed E-state index contributed by atoms with van der Waals surface area (Å²) < 4.78 is 0. The zero-order chi connectivity index (χ0) is 21.3. The van der Waals surface area contributed by atoms with Gasteiger partial charge < -0.3 is 15.5 Å². The number of carbonyl (C=O) groups is 2. The Morgan fingerprint density at radius 3 is 2.77 bits per heavy atom. The van der Waals surface area contributed by atoms with Gasteiger partial charge in [0.25, 0.3) is 5.91 Å². The van der Waals surface area contributed by atoms with Gasteiger partial charge in [0, 0.05) is 23.8 Å². The lowest BCUT2D eigenvalue weighted by molar-refractivity contribution is -0.127. The van der Waals surface area contributed by atoms with Gasteiger partial charge in [0.1, 0.15) is 0 Å². The highest BCUT2D eigenvalue weighted by Crippen LogP contribution is 2.39. The fourth-order valence-electron chi connectivity index (χ4n) is 4.17. The van der Waals surface area contributed by atoms with Crippen molar-refractivity contribution < 1.29 is 9.59 Å². The molecule has 1 saturated heterocycles. The van der Waals surface area contributed by atoms with Gasteiger partial charge in [0.2, 0.25) is 5.91 Å². The van der Waals surface area contributed by atoms with Gasteiger partial charge in [-0.3, -0.25) is 9.59 Å². The van der Waals surface area contributed by atoms with Crippen molar-refractivity contribution in [3.8, 4) is 0 Å². The van der Waals surface area contributed by atoms with E-state index in [0.717, 1.165) is 55.8 Å². The molecule has 1 aliphatic heterocycles. The Morgan fingerprint density at radius 2 is 2.00 bits per heavy atom. The summed E-state index contributed by atoms with van der Waals surface area (Å²) in [5.74, 6) is 0.139. The van der Waals surface area contributed by atoms with E-state index in [4.69, 9.17) is 0 Å². The number of hydrogen-bond acceptors (Lipinski definition) is 4. The lowest BCUT2D eigenvalue weighted by atomic mass is 9.84. The van der Waals surface area contributed by atoms with Crippen molar-refractivity contribution in [2.45, 2.75) is 56.7 Å². The lowest BCUT2D eigenvalue weighted by Crippen LogP contribution is -2.51. The molecule has 2 fully saturated rings. The van der Waals surface area contributed by atoms with Crippen molar-refractivity contribution in [3.63, 3.8) is 0 Å².